The zero-order chi connectivity index (χ0) is 21.1. The maximum Gasteiger partial charge on any atom is 0.252 e. The van der Waals surface area contributed by atoms with Crippen molar-refractivity contribution in [3.63, 3.8) is 0 Å². The largest absolute Gasteiger partial charge is 0.348 e. The number of likely N-dealkylation sites (N-methyl/N-ethyl adjacent to an activating group) is 1. The highest BCUT2D eigenvalue weighted by atomic mass is 32.1. The number of anilines is 1. The SMILES string of the molecule is C=C(/C=C\C(=O)N(C)c1nnc(-c2ccccc2)s1)C(=O)NC1CN2CCC1CC2. The number of carbonyl (C=O) groups is 2. The fraction of sp³-hybridized carbons (Fsp3) is 0.364. The van der Waals surface area contributed by atoms with Crippen LogP contribution in [0.5, 0.6) is 0 Å². The molecule has 3 fully saturated rings. The standard InChI is InChI=1S/C22H25N5O2S/c1-15(20(29)23-18-14-27-12-10-16(18)11-13-27)8-9-19(28)26(2)22-25-24-21(30-22)17-6-4-3-5-7-17/h3-9,16,18H,1,10-14H2,2H3,(H,23,29)/b9-8-. The number of rotatable bonds is 6. The van der Waals surface area contributed by atoms with Crippen LogP contribution < -0.4 is 10.2 Å². The quantitative estimate of drug-likeness (QED) is 0.571. The Bertz CT molecular complexity index is 963. The Morgan fingerprint density at radius 2 is 1.93 bits per heavy atom. The smallest absolute Gasteiger partial charge is 0.252 e. The third-order valence-electron chi connectivity index (χ3n) is 5.74. The number of carbonyl (C=O) groups excluding carboxylic acids is 2. The van der Waals surface area contributed by atoms with Gasteiger partial charge in [0.2, 0.25) is 5.13 Å². The minimum Gasteiger partial charge on any atom is -0.348 e. The second kappa shape index (κ2) is 8.89. The van der Waals surface area contributed by atoms with Crippen LogP contribution in [0.15, 0.2) is 54.6 Å². The molecule has 3 aliphatic rings. The average molecular weight is 424 g/mol. The fourth-order valence-corrected chi connectivity index (χ4v) is 4.71. The van der Waals surface area contributed by atoms with Gasteiger partial charge >= 0.3 is 0 Å². The molecule has 0 saturated carbocycles. The molecule has 1 aromatic heterocycles. The number of nitrogens with zero attached hydrogens (tertiary/aromatic N) is 4. The van der Waals surface area contributed by atoms with Gasteiger partial charge in [-0.2, -0.15) is 0 Å². The normalized spacial score (nSPS) is 22.8. The molecule has 3 aliphatic heterocycles. The van der Waals surface area contributed by atoms with Gasteiger partial charge < -0.3 is 10.2 Å². The van der Waals surface area contributed by atoms with Crippen molar-refractivity contribution in [2.24, 2.45) is 5.92 Å². The second-order valence-electron chi connectivity index (χ2n) is 7.73. The Morgan fingerprint density at radius 1 is 1.20 bits per heavy atom. The van der Waals surface area contributed by atoms with Gasteiger partial charge in [-0.3, -0.25) is 14.5 Å². The highest BCUT2D eigenvalue weighted by Gasteiger charge is 2.34. The van der Waals surface area contributed by atoms with Gasteiger partial charge in [-0.1, -0.05) is 48.2 Å². The molecule has 5 rings (SSSR count). The van der Waals surface area contributed by atoms with Crippen molar-refractivity contribution in [2.45, 2.75) is 18.9 Å². The van der Waals surface area contributed by atoms with Crippen molar-refractivity contribution >= 4 is 28.3 Å². The summed E-state index contributed by atoms with van der Waals surface area (Å²) in [6.07, 6.45) is 5.07. The lowest BCUT2D eigenvalue weighted by atomic mass is 9.84. The molecule has 3 saturated heterocycles. The summed E-state index contributed by atoms with van der Waals surface area (Å²) < 4.78 is 0. The third kappa shape index (κ3) is 4.49. The van der Waals surface area contributed by atoms with E-state index >= 15 is 0 Å². The summed E-state index contributed by atoms with van der Waals surface area (Å²) in [6, 6.07) is 9.86. The Labute approximate surface area is 180 Å². The maximum atomic E-state index is 12.5. The summed E-state index contributed by atoms with van der Waals surface area (Å²) in [7, 11) is 1.64. The van der Waals surface area contributed by atoms with Crippen LogP contribution in [0.25, 0.3) is 10.6 Å². The molecular formula is C22H25N5O2S. The molecule has 1 atom stereocenters. The third-order valence-corrected chi connectivity index (χ3v) is 6.79. The monoisotopic (exact) mass is 423 g/mol. The Kier molecular flexibility index (Phi) is 6.06. The summed E-state index contributed by atoms with van der Waals surface area (Å²) in [5.41, 5.74) is 1.23. The van der Waals surface area contributed by atoms with Crippen LogP contribution in [-0.4, -0.2) is 59.6 Å². The topological polar surface area (TPSA) is 78.4 Å². The number of piperidine rings is 3. The van der Waals surface area contributed by atoms with E-state index in [-0.39, 0.29) is 23.4 Å². The van der Waals surface area contributed by atoms with Crippen LogP contribution in [0.4, 0.5) is 5.13 Å². The number of benzene rings is 1. The first-order valence-corrected chi connectivity index (χ1v) is 10.9. The molecule has 8 heteroatoms. The van der Waals surface area contributed by atoms with Gasteiger partial charge in [0.25, 0.3) is 11.8 Å². The Balaban J connectivity index is 1.33. The van der Waals surface area contributed by atoms with E-state index in [0.29, 0.717) is 11.0 Å². The first-order valence-electron chi connectivity index (χ1n) is 10.1. The molecule has 0 aliphatic carbocycles. The average Bonchev–Trinajstić information content (AvgIpc) is 3.28. The first kappa shape index (κ1) is 20.4. The summed E-state index contributed by atoms with van der Waals surface area (Å²) in [4.78, 5) is 28.8. The van der Waals surface area contributed by atoms with E-state index in [1.54, 1.807) is 7.05 Å². The van der Waals surface area contributed by atoms with Crippen LogP contribution in [0, 0.1) is 5.92 Å². The molecule has 4 heterocycles. The molecule has 1 N–H and O–H groups in total. The lowest BCUT2D eigenvalue weighted by Gasteiger charge is -2.44. The van der Waals surface area contributed by atoms with Crippen molar-refractivity contribution in [1.29, 1.82) is 0 Å². The number of aromatic nitrogens is 2. The number of fused-ring (bicyclic) bond motifs is 3. The highest BCUT2D eigenvalue weighted by molar-refractivity contribution is 7.18. The summed E-state index contributed by atoms with van der Waals surface area (Å²) in [5, 5.41) is 12.6. The minimum atomic E-state index is -0.289. The molecule has 7 nitrogen and oxygen atoms in total. The molecule has 2 amide bonds. The van der Waals surface area contributed by atoms with E-state index in [1.165, 1.54) is 28.4 Å². The van der Waals surface area contributed by atoms with E-state index in [1.807, 2.05) is 30.3 Å². The molecule has 2 aromatic rings. The first-order chi connectivity index (χ1) is 14.5. The van der Waals surface area contributed by atoms with E-state index in [4.69, 9.17) is 0 Å². The molecule has 1 aromatic carbocycles. The van der Waals surface area contributed by atoms with E-state index in [2.05, 4.69) is 27.0 Å². The van der Waals surface area contributed by atoms with Crippen LogP contribution in [0.2, 0.25) is 0 Å². The number of nitrogens with one attached hydrogen (secondary N) is 1. The molecule has 0 spiro atoms. The van der Waals surface area contributed by atoms with Crippen LogP contribution in [0.3, 0.4) is 0 Å². The molecular weight excluding hydrogens is 398 g/mol. The second-order valence-corrected chi connectivity index (χ2v) is 8.69. The predicted molar refractivity (Wildman–Crippen MR) is 118 cm³/mol. The van der Waals surface area contributed by atoms with Gasteiger partial charge in [-0.05, 0) is 37.9 Å². The number of hydrogen-bond donors (Lipinski definition) is 1. The van der Waals surface area contributed by atoms with Gasteiger partial charge in [-0.15, -0.1) is 10.2 Å². The van der Waals surface area contributed by atoms with Crippen molar-refractivity contribution in [2.75, 3.05) is 31.6 Å². The summed E-state index contributed by atoms with van der Waals surface area (Å²) in [5.74, 6) is 0.0324. The van der Waals surface area contributed by atoms with Crippen LogP contribution >= 0.6 is 11.3 Å². The van der Waals surface area contributed by atoms with Gasteiger partial charge in [0.15, 0.2) is 0 Å². The Hall–Kier alpha value is -2.84. The zero-order valence-corrected chi connectivity index (χ0v) is 17.8. The van der Waals surface area contributed by atoms with Crippen molar-refractivity contribution < 1.29 is 9.59 Å². The van der Waals surface area contributed by atoms with E-state index < -0.39 is 0 Å². The minimum absolute atomic E-state index is 0.168. The van der Waals surface area contributed by atoms with Gasteiger partial charge in [-0.25, -0.2) is 0 Å². The zero-order valence-electron chi connectivity index (χ0n) is 17.0. The van der Waals surface area contributed by atoms with Crippen molar-refractivity contribution in [3.8, 4) is 10.6 Å². The van der Waals surface area contributed by atoms with Crippen molar-refractivity contribution in [3.05, 3.63) is 54.6 Å². The molecule has 156 valence electrons. The fourth-order valence-electron chi connectivity index (χ4n) is 3.89. The molecule has 1 unspecified atom stereocenters. The van der Waals surface area contributed by atoms with Gasteiger partial charge in [0.05, 0.1) is 0 Å². The number of hydrogen-bond acceptors (Lipinski definition) is 6. The molecule has 0 radical (unpaired) electrons. The molecule has 2 bridgehead atoms. The maximum absolute atomic E-state index is 12.5. The van der Waals surface area contributed by atoms with Gasteiger partial charge in [0, 0.05) is 36.8 Å². The highest BCUT2D eigenvalue weighted by Crippen LogP contribution is 2.28. The van der Waals surface area contributed by atoms with Crippen LogP contribution in [-0.2, 0) is 9.59 Å². The number of amides is 2. The summed E-state index contributed by atoms with van der Waals surface area (Å²) in [6.45, 7) is 6.96. The predicted octanol–water partition coefficient (Wildman–Crippen LogP) is 2.49. The van der Waals surface area contributed by atoms with E-state index in [9.17, 15) is 9.59 Å². The lowest BCUT2D eigenvalue weighted by molar-refractivity contribution is -0.119. The van der Waals surface area contributed by atoms with E-state index in [0.717, 1.165) is 43.0 Å². The van der Waals surface area contributed by atoms with Crippen LogP contribution in [0.1, 0.15) is 12.8 Å². The lowest BCUT2D eigenvalue weighted by Crippen LogP contribution is -2.57. The Morgan fingerprint density at radius 3 is 2.60 bits per heavy atom. The summed E-state index contributed by atoms with van der Waals surface area (Å²) >= 11 is 1.34. The van der Waals surface area contributed by atoms with Gasteiger partial charge in [0.1, 0.15) is 5.01 Å². The van der Waals surface area contributed by atoms with Crippen molar-refractivity contribution in [1.82, 2.24) is 20.4 Å². The molecule has 30 heavy (non-hydrogen) atoms.